The molecule has 1 aliphatic heterocycles. The zero-order valence-electron chi connectivity index (χ0n) is 16.6. The molecule has 168 valence electrons. The number of halogens is 4. The smallest absolute Gasteiger partial charge is 0.417 e. The van der Waals surface area contributed by atoms with Crippen LogP contribution in [-0.4, -0.2) is 55.9 Å². The Morgan fingerprint density at radius 2 is 1.77 bits per heavy atom. The second-order valence-electron chi connectivity index (χ2n) is 7.71. The molecule has 0 spiro atoms. The molecular formula is C18H21F4NO6S. The first-order valence-corrected chi connectivity index (χ1v) is 10.3. The van der Waals surface area contributed by atoms with E-state index in [-0.39, 0.29) is 6.07 Å². The molecule has 1 aromatic rings. The number of benzene rings is 1. The zero-order chi connectivity index (χ0) is 23.1. The molecule has 1 amide bonds. The average molecular weight is 455 g/mol. The van der Waals surface area contributed by atoms with E-state index in [4.69, 9.17) is 4.74 Å². The van der Waals surface area contributed by atoms with Crippen LogP contribution in [0.25, 0.3) is 0 Å². The minimum Gasteiger partial charge on any atom is -0.467 e. The molecule has 1 aromatic carbocycles. The fourth-order valence-corrected chi connectivity index (χ4v) is 4.95. The first kappa shape index (κ1) is 23.9. The Kier molecular flexibility index (Phi) is 6.41. The quantitative estimate of drug-likeness (QED) is 0.395. The predicted octanol–water partition coefficient (Wildman–Crippen LogP) is 3.17. The molecule has 0 N–H and O–H groups in total. The van der Waals surface area contributed by atoms with Crippen LogP contribution in [-0.2, 0) is 30.3 Å². The van der Waals surface area contributed by atoms with Gasteiger partial charge < -0.3 is 9.47 Å². The lowest BCUT2D eigenvalue weighted by Crippen LogP contribution is -2.44. The van der Waals surface area contributed by atoms with E-state index in [2.05, 4.69) is 4.74 Å². The van der Waals surface area contributed by atoms with Crippen molar-refractivity contribution in [1.82, 2.24) is 4.90 Å². The van der Waals surface area contributed by atoms with Crippen molar-refractivity contribution in [2.45, 2.75) is 55.2 Å². The molecule has 30 heavy (non-hydrogen) atoms. The van der Waals surface area contributed by atoms with E-state index in [9.17, 15) is 35.6 Å². The van der Waals surface area contributed by atoms with E-state index >= 15 is 0 Å². The molecule has 1 aliphatic rings. The lowest BCUT2D eigenvalue weighted by molar-refractivity contribution is -0.145. The van der Waals surface area contributed by atoms with Gasteiger partial charge in [0.1, 0.15) is 17.5 Å². The minimum atomic E-state index is -5.13. The van der Waals surface area contributed by atoms with Crippen molar-refractivity contribution in [3.63, 3.8) is 0 Å². The lowest BCUT2D eigenvalue weighted by atomic mass is 10.2. The number of amides is 1. The second kappa shape index (κ2) is 8.05. The number of esters is 1. The molecule has 12 heteroatoms. The van der Waals surface area contributed by atoms with Gasteiger partial charge >= 0.3 is 18.2 Å². The summed E-state index contributed by atoms with van der Waals surface area (Å²) in [5, 5.41) is -1.55. The third-order valence-corrected chi connectivity index (χ3v) is 6.54. The number of sulfone groups is 1. The van der Waals surface area contributed by atoms with Crippen LogP contribution in [0.3, 0.4) is 0 Å². The van der Waals surface area contributed by atoms with Gasteiger partial charge in [0.15, 0.2) is 9.84 Å². The maximum absolute atomic E-state index is 13.4. The Hall–Kier alpha value is -2.37. The number of carbonyl (C=O) groups excluding carboxylic acids is 2. The molecule has 0 aliphatic carbocycles. The first-order valence-electron chi connectivity index (χ1n) is 8.76. The molecule has 0 aromatic heterocycles. The third-order valence-electron chi connectivity index (χ3n) is 4.36. The highest BCUT2D eigenvalue weighted by atomic mass is 32.2. The number of nitrogens with zero attached hydrogens (tertiary/aromatic N) is 1. The van der Waals surface area contributed by atoms with Crippen molar-refractivity contribution >= 4 is 21.9 Å². The molecule has 2 rings (SSSR count). The van der Waals surface area contributed by atoms with Gasteiger partial charge in [0.2, 0.25) is 0 Å². The summed E-state index contributed by atoms with van der Waals surface area (Å²) in [6.07, 6.45) is -6.63. The van der Waals surface area contributed by atoms with Crippen molar-refractivity contribution in [2.24, 2.45) is 0 Å². The number of rotatable bonds is 3. The van der Waals surface area contributed by atoms with E-state index < -0.39 is 74.2 Å². The normalized spacial score (nSPS) is 20.2. The second-order valence-corrected chi connectivity index (χ2v) is 9.91. The Morgan fingerprint density at radius 3 is 2.27 bits per heavy atom. The largest absolute Gasteiger partial charge is 0.467 e. The molecule has 0 radical (unpaired) electrons. The maximum Gasteiger partial charge on any atom is 0.417 e. The number of likely N-dealkylation sites (tertiary alicyclic amines) is 1. The fourth-order valence-electron chi connectivity index (χ4n) is 3.06. The van der Waals surface area contributed by atoms with Crippen LogP contribution >= 0.6 is 0 Å². The molecule has 2 unspecified atom stereocenters. The van der Waals surface area contributed by atoms with Crippen molar-refractivity contribution in [1.29, 1.82) is 0 Å². The highest BCUT2D eigenvalue weighted by Crippen LogP contribution is 2.38. The molecular weight excluding hydrogens is 434 g/mol. The van der Waals surface area contributed by atoms with Gasteiger partial charge in [-0.1, -0.05) is 0 Å². The minimum absolute atomic E-state index is 0.0886. The van der Waals surface area contributed by atoms with Crippen LogP contribution in [0.5, 0.6) is 0 Å². The number of ether oxygens (including phenoxy) is 2. The summed E-state index contributed by atoms with van der Waals surface area (Å²) in [4.78, 5) is 24.2. The van der Waals surface area contributed by atoms with Gasteiger partial charge in [-0.05, 0) is 45.4 Å². The summed E-state index contributed by atoms with van der Waals surface area (Å²) >= 11 is 0. The Labute approximate surface area is 170 Å². The van der Waals surface area contributed by atoms with E-state index in [0.717, 1.165) is 12.0 Å². The predicted molar refractivity (Wildman–Crippen MR) is 95.7 cm³/mol. The number of methoxy groups -OCH3 is 1. The van der Waals surface area contributed by atoms with Crippen LogP contribution in [0.1, 0.15) is 32.8 Å². The van der Waals surface area contributed by atoms with E-state index in [0.29, 0.717) is 12.1 Å². The van der Waals surface area contributed by atoms with Gasteiger partial charge in [0, 0.05) is 6.54 Å². The van der Waals surface area contributed by atoms with Crippen LogP contribution < -0.4 is 0 Å². The number of carbonyl (C=O) groups is 2. The molecule has 1 saturated heterocycles. The highest BCUT2D eigenvalue weighted by molar-refractivity contribution is 7.92. The van der Waals surface area contributed by atoms with Crippen molar-refractivity contribution < 1.29 is 45.0 Å². The summed E-state index contributed by atoms with van der Waals surface area (Å²) in [5.41, 5.74) is -2.62. The van der Waals surface area contributed by atoms with Crippen molar-refractivity contribution in [3.05, 3.63) is 29.6 Å². The van der Waals surface area contributed by atoms with Gasteiger partial charge in [0.05, 0.1) is 22.8 Å². The Morgan fingerprint density at radius 1 is 1.17 bits per heavy atom. The van der Waals surface area contributed by atoms with E-state index in [1.807, 2.05) is 0 Å². The number of hydrogen-bond acceptors (Lipinski definition) is 6. The van der Waals surface area contributed by atoms with Crippen molar-refractivity contribution in [3.8, 4) is 0 Å². The third kappa shape index (κ3) is 5.02. The average Bonchev–Trinajstić information content (AvgIpc) is 3.05. The standard InChI is InChI=1S/C18H21F4NO6S/c1-17(2,3)29-16(25)23-9-11(8-13(23)15(24)28-4)30(26,27)14-6-5-10(19)7-12(14)18(20,21)22/h5-7,11,13H,8-9H2,1-4H3. The fraction of sp³-hybridized carbons (Fsp3) is 0.556. The van der Waals surface area contributed by atoms with Gasteiger partial charge in [-0.2, -0.15) is 13.2 Å². The summed E-state index contributed by atoms with van der Waals surface area (Å²) in [6, 6.07) is -0.151. The molecule has 1 heterocycles. The van der Waals surface area contributed by atoms with E-state index in [1.165, 1.54) is 0 Å². The van der Waals surface area contributed by atoms with Crippen LogP contribution in [0.4, 0.5) is 22.4 Å². The topological polar surface area (TPSA) is 90.0 Å². The summed E-state index contributed by atoms with van der Waals surface area (Å²) in [7, 11) is -3.67. The number of alkyl halides is 3. The van der Waals surface area contributed by atoms with Crippen LogP contribution in [0.2, 0.25) is 0 Å². The lowest BCUT2D eigenvalue weighted by Gasteiger charge is -2.27. The molecule has 7 nitrogen and oxygen atoms in total. The zero-order valence-corrected chi connectivity index (χ0v) is 17.4. The summed E-state index contributed by atoms with van der Waals surface area (Å²) < 4.78 is 89.0. The highest BCUT2D eigenvalue weighted by Gasteiger charge is 2.49. The SMILES string of the molecule is COC(=O)C1CC(S(=O)(=O)c2ccc(F)cc2C(F)(F)F)CN1C(=O)OC(C)(C)C. The number of hydrogen-bond donors (Lipinski definition) is 0. The molecule has 2 atom stereocenters. The molecule has 0 bridgehead atoms. The monoisotopic (exact) mass is 455 g/mol. The maximum atomic E-state index is 13.4. The van der Waals surface area contributed by atoms with Crippen molar-refractivity contribution in [2.75, 3.05) is 13.7 Å². The van der Waals surface area contributed by atoms with Gasteiger partial charge in [0.25, 0.3) is 0 Å². The van der Waals surface area contributed by atoms with Gasteiger partial charge in [-0.25, -0.2) is 22.4 Å². The summed E-state index contributed by atoms with van der Waals surface area (Å²) in [5.74, 6) is -2.19. The van der Waals surface area contributed by atoms with Gasteiger partial charge in [-0.3, -0.25) is 4.90 Å². The Balaban J connectivity index is 2.47. The summed E-state index contributed by atoms with van der Waals surface area (Å²) in [6.45, 7) is 4.06. The van der Waals surface area contributed by atoms with Crippen LogP contribution in [0, 0.1) is 5.82 Å². The van der Waals surface area contributed by atoms with E-state index in [1.54, 1.807) is 20.8 Å². The molecule has 1 fully saturated rings. The Bertz CT molecular complexity index is 939. The van der Waals surface area contributed by atoms with Crippen LogP contribution in [0.15, 0.2) is 23.1 Å². The first-order chi connectivity index (χ1) is 13.6. The molecule has 0 saturated carbocycles. The van der Waals surface area contributed by atoms with Gasteiger partial charge in [-0.15, -0.1) is 0 Å².